The van der Waals surface area contributed by atoms with E-state index in [1.54, 1.807) is 0 Å². The molecule has 19 heavy (non-hydrogen) atoms. The van der Waals surface area contributed by atoms with Crippen LogP contribution in [-0.4, -0.2) is 61.2 Å². The van der Waals surface area contributed by atoms with Crippen molar-refractivity contribution in [3.8, 4) is 0 Å². The van der Waals surface area contributed by atoms with Crippen LogP contribution < -0.4 is 5.32 Å². The summed E-state index contributed by atoms with van der Waals surface area (Å²) < 4.78 is 0. The number of piperazine rings is 1. The molecule has 3 nitrogen and oxygen atoms in total. The van der Waals surface area contributed by atoms with E-state index >= 15 is 0 Å². The van der Waals surface area contributed by atoms with Crippen molar-refractivity contribution in [2.75, 3.05) is 39.3 Å². The molecule has 1 saturated heterocycles. The van der Waals surface area contributed by atoms with Crippen molar-refractivity contribution in [2.45, 2.75) is 64.5 Å². The molecule has 3 heteroatoms. The maximum atomic E-state index is 3.59. The third-order valence-electron chi connectivity index (χ3n) is 4.87. The molecule has 2 fully saturated rings. The minimum absolute atomic E-state index is 0.674. The summed E-state index contributed by atoms with van der Waals surface area (Å²) in [5.74, 6) is 0. The Morgan fingerprint density at radius 1 is 1.11 bits per heavy atom. The summed E-state index contributed by atoms with van der Waals surface area (Å²) in [5, 5.41) is 3.59. The van der Waals surface area contributed by atoms with Crippen LogP contribution in [0.3, 0.4) is 0 Å². The summed E-state index contributed by atoms with van der Waals surface area (Å²) in [6.45, 7) is 12.2. The van der Waals surface area contributed by atoms with Gasteiger partial charge >= 0.3 is 0 Å². The third-order valence-corrected chi connectivity index (χ3v) is 4.87. The van der Waals surface area contributed by atoms with Crippen LogP contribution in [0.15, 0.2) is 0 Å². The zero-order valence-corrected chi connectivity index (χ0v) is 13.0. The Hall–Kier alpha value is -0.120. The van der Waals surface area contributed by atoms with Crippen LogP contribution in [0, 0.1) is 0 Å². The number of hydrogen-bond donors (Lipinski definition) is 1. The summed E-state index contributed by atoms with van der Waals surface area (Å²) in [7, 11) is 0. The van der Waals surface area contributed by atoms with Gasteiger partial charge in [0.1, 0.15) is 0 Å². The van der Waals surface area contributed by atoms with Gasteiger partial charge in [-0.25, -0.2) is 0 Å². The Kier molecular flexibility index (Phi) is 6.62. The summed E-state index contributed by atoms with van der Waals surface area (Å²) in [6, 6.07) is 1.60. The van der Waals surface area contributed by atoms with Gasteiger partial charge in [0, 0.05) is 38.3 Å². The normalized spacial score (nSPS) is 24.9. The van der Waals surface area contributed by atoms with Crippen LogP contribution in [0.1, 0.15) is 52.4 Å². The van der Waals surface area contributed by atoms with E-state index in [-0.39, 0.29) is 0 Å². The standard InChI is InChI=1S/C16H33N3/c1-3-9-17-15(2)8-10-18-11-13-19(14-12-18)16-6-4-5-7-16/h15-17H,3-14H2,1-2H3. The van der Waals surface area contributed by atoms with Crippen molar-refractivity contribution in [1.29, 1.82) is 0 Å². The molecule has 1 unspecified atom stereocenters. The minimum Gasteiger partial charge on any atom is -0.314 e. The average Bonchev–Trinajstić information content (AvgIpc) is 2.97. The molecule has 0 aromatic carbocycles. The topological polar surface area (TPSA) is 18.5 Å². The quantitative estimate of drug-likeness (QED) is 0.764. The second-order valence-electron chi connectivity index (χ2n) is 6.46. The van der Waals surface area contributed by atoms with E-state index in [1.807, 2.05) is 0 Å². The predicted molar refractivity (Wildman–Crippen MR) is 82.6 cm³/mol. The van der Waals surface area contributed by atoms with Gasteiger partial charge in [0.2, 0.25) is 0 Å². The second kappa shape index (κ2) is 8.23. The van der Waals surface area contributed by atoms with E-state index in [1.165, 1.54) is 71.2 Å². The zero-order chi connectivity index (χ0) is 13.5. The van der Waals surface area contributed by atoms with Crippen LogP contribution in [0.5, 0.6) is 0 Å². The van der Waals surface area contributed by atoms with Gasteiger partial charge < -0.3 is 10.2 Å². The molecule has 0 spiro atoms. The first kappa shape index (κ1) is 15.3. The van der Waals surface area contributed by atoms with Gasteiger partial charge in [-0.15, -0.1) is 0 Å². The minimum atomic E-state index is 0.674. The van der Waals surface area contributed by atoms with Crippen LogP contribution >= 0.6 is 0 Å². The molecule has 0 aromatic heterocycles. The van der Waals surface area contributed by atoms with Crippen LogP contribution in [-0.2, 0) is 0 Å². The zero-order valence-electron chi connectivity index (χ0n) is 13.0. The SMILES string of the molecule is CCCNC(C)CCN1CCN(C2CCCC2)CC1. The Labute approximate surface area is 119 Å². The molecule has 0 amide bonds. The van der Waals surface area contributed by atoms with Gasteiger partial charge in [-0.1, -0.05) is 19.8 Å². The highest BCUT2D eigenvalue weighted by molar-refractivity contribution is 4.82. The van der Waals surface area contributed by atoms with Crippen LogP contribution in [0.25, 0.3) is 0 Å². The van der Waals surface area contributed by atoms with E-state index < -0.39 is 0 Å². The highest BCUT2D eigenvalue weighted by Gasteiger charge is 2.25. The fraction of sp³-hybridized carbons (Fsp3) is 1.00. The fourth-order valence-electron chi connectivity index (χ4n) is 3.49. The highest BCUT2D eigenvalue weighted by Crippen LogP contribution is 2.24. The summed E-state index contributed by atoms with van der Waals surface area (Å²) >= 11 is 0. The molecule has 1 saturated carbocycles. The molecule has 0 bridgehead atoms. The van der Waals surface area contributed by atoms with Crippen molar-refractivity contribution in [3.05, 3.63) is 0 Å². The Morgan fingerprint density at radius 3 is 2.42 bits per heavy atom. The molecule has 1 N–H and O–H groups in total. The lowest BCUT2D eigenvalue weighted by Crippen LogP contribution is -2.50. The van der Waals surface area contributed by atoms with Gasteiger partial charge in [0.15, 0.2) is 0 Å². The molecule has 0 aromatic rings. The van der Waals surface area contributed by atoms with Crippen molar-refractivity contribution >= 4 is 0 Å². The molecule has 0 radical (unpaired) electrons. The lowest BCUT2D eigenvalue weighted by molar-refractivity contribution is 0.0955. The fourth-order valence-corrected chi connectivity index (χ4v) is 3.49. The average molecular weight is 267 g/mol. The molecule has 1 aliphatic heterocycles. The molecule has 1 atom stereocenters. The molecule has 2 aliphatic rings. The van der Waals surface area contributed by atoms with E-state index in [0.29, 0.717) is 6.04 Å². The molecule has 1 aliphatic carbocycles. The van der Waals surface area contributed by atoms with E-state index in [9.17, 15) is 0 Å². The largest absolute Gasteiger partial charge is 0.314 e. The second-order valence-corrected chi connectivity index (χ2v) is 6.46. The van der Waals surface area contributed by atoms with Crippen molar-refractivity contribution in [3.63, 3.8) is 0 Å². The smallest absolute Gasteiger partial charge is 0.0113 e. The van der Waals surface area contributed by atoms with Gasteiger partial charge in [0.05, 0.1) is 0 Å². The Bertz CT molecular complexity index is 230. The van der Waals surface area contributed by atoms with E-state index in [0.717, 1.165) is 12.6 Å². The first-order valence-electron chi connectivity index (χ1n) is 8.49. The Balaban J connectivity index is 1.58. The van der Waals surface area contributed by atoms with E-state index in [4.69, 9.17) is 0 Å². The van der Waals surface area contributed by atoms with Gasteiger partial charge in [-0.05, 0) is 45.7 Å². The summed E-state index contributed by atoms with van der Waals surface area (Å²) in [5.41, 5.74) is 0. The Morgan fingerprint density at radius 2 is 1.79 bits per heavy atom. The van der Waals surface area contributed by atoms with Gasteiger partial charge in [-0.2, -0.15) is 0 Å². The maximum absolute atomic E-state index is 3.59. The summed E-state index contributed by atoms with van der Waals surface area (Å²) in [4.78, 5) is 5.41. The molecule has 112 valence electrons. The van der Waals surface area contributed by atoms with Crippen molar-refractivity contribution in [1.82, 2.24) is 15.1 Å². The summed E-state index contributed by atoms with van der Waals surface area (Å²) in [6.07, 6.45) is 8.38. The number of nitrogens with zero attached hydrogens (tertiary/aromatic N) is 2. The lowest BCUT2D eigenvalue weighted by atomic mass is 10.1. The maximum Gasteiger partial charge on any atom is 0.0113 e. The van der Waals surface area contributed by atoms with Gasteiger partial charge in [-0.3, -0.25) is 4.90 Å². The van der Waals surface area contributed by atoms with E-state index in [2.05, 4.69) is 29.0 Å². The number of hydrogen-bond acceptors (Lipinski definition) is 3. The van der Waals surface area contributed by atoms with Crippen molar-refractivity contribution in [2.24, 2.45) is 0 Å². The van der Waals surface area contributed by atoms with Crippen molar-refractivity contribution < 1.29 is 0 Å². The van der Waals surface area contributed by atoms with Gasteiger partial charge in [0.25, 0.3) is 0 Å². The van der Waals surface area contributed by atoms with Crippen LogP contribution in [0.4, 0.5) is 0 Å². The highest BCUT2D eigenvalue weighted by atomic mass is 15.3. The monoisotopic (exact) mass is 267 g/mol. The number of nitrogens with one attached hydrogen (secondary N) is 1. The first-order valence-corrected chi connectivity index (χ1v) is 8.49. The molecule has 2 rings (SSSR count). The molecular weight excluding hydrogens is 234 g/mol. The molecule has 1 heterocycles. The predicted octanol–water partition coefficient (Wildman–Crippen LogP) is 2.32. The first-order chi connectivity index (χ1) is 9.29. The third kappa shape index (κ3) is 5.05. The number of rotatable bonds is 7. The van der Waals surface area contributed by atoms with Crippen LogP contribution in [0.2, 0.25) is 0 Å². The lowest BCUT2D eigenvalue weighted by Gasteiger charge is -2.38. The molecular formula is C16H33N3.